The van der Waals surface area contributed by atoms with Crippen LogP contribution in [-0.4, -0.2) is 30.5 Å². The fraction of sp³-hybridized carbons (Fsp3) is 0.294. The summed E-state index contributed by atoms with van der Waals surface area (Å²) in [6.07, 6.45) is 7.11. The highest BCUT2D eigenvalue weighted by molar-refractivity contribution is 5.91. The molecule has 7 nitrogen and oxygen atoms in total. The van der Waals surface area contributed by atoms with Crippen LogP contribution < -0.4 is 5.32 Å². The third kappa shape index (κ3) is 3.05. The monoisotopic (exact) mass is 322 g/mol. The van der Waals surface area contributed by atoms with Crippen LogP contribution in [0.4, 0.5) is 5.82 Å². The minimum absolute atomic E-state index is 0.0129. The van der Waals surface area contributed by atoms with Crippen LogP contribution in [0.2, 0.25) is 0 Å². The van der Waals surface area contributed by atoms with Crippen molar-refractivity contribution in [1.82, 2.24) is 24.5 Å². The fourth-order valence-corrected chi connectivity index (χ4v) is 3.02. The molecule has 0 radical (unpaired) electrons. The molecular weight excluding hydrogens is 304 g/mol. The van der Waals surface area contributed by atoms with Crippen LogP contribution in [0.3, 0.4) is 0 Å². The molecule has 7 heteroatoms. The van der Waals surface area contributed by atoms with Crippen LogP contribution in [0.25, 0.3) is 0 Å². The zero-order chi connectivity index (χ0) is 16.4. The van der Waals surface area contributed by atoms with Gasteiger partial charge < -0.3 is 9.88 Å². The molecule has 0 saturated heterocycles. The van der Waals surface area contributed by atoms with E-state index in [9.17, 15) is 4.79 Å². The second-order valence-electron chi connectivity index (χ2n) is 6.05. The summed E-state index contributed by atoms with van der Waals surface area (Å²) in [5.74, 6) is 0.416. The molecule has 0 aliphatic carbocycles. The molecule has 1 unspecified atom stereocenters. The van der Waals surface area contributed by atoms with Gasteiger partial charge in [0.05, 0.1) is 25.0 Å². The van der Waals surface area contributed by atoms with Crippen LogP contribution in [0.15, 0.2) is 49.1 Å². The van der Waals surface area contributed by atoms with Crippen molar-refractivity contribution in [3.05, 3.63) is 60.3 Å². The van der Waals surface area contributed by atoms with Crippen molar-refractivity contribution in [2.45, 2.75) is 25.9 Å². The first-order valence-corrected chi connectivity index (χ1v) is 8.02. The third-order valence-electron chi connectivity index (χ3n) is 4.31. The molecule has 2 aromatic heterocycles. The van der Waals surface area contributed by atoms with Crippen molar-refractivity contribution < 1.29 is 4.79 Å². The van der Waals surface area contributed by atoms with Crippen LogP contribution in [0.1, 0.15) is 17.7 Å². The SMILES string of the molecule is O=C(Nc1cn(Cc2ccccc2)nn1)C1CCc2cncn2C1. The van der Waals surface area contributed by atoms with Crippen molar-refractivity contribution in [3.63, 3.8) is 0 Å². The minimum atomic E-state index is -0.0639. The summed E-state index contributed by atoms with van der Waals surface area (Å²) < 4.78 is 3.76. The number of carbonyl (C=O) groups excluding carboxylic acids is 1. The number of fused-ring (bicyclic) bond motifs is 1. The maximum atomic E-state index is 12.4. The van der Waals surface area contributed by atoms with Gasteiger partial charge in [-0.25, -0.2) is 9.67 Å². The summed E-state index contributed by atoms with van der Waals surface area (Å²) in [4.78, 5) is 16.6. The number of benzene rings is 1. The van der Waals surface area contributed by atoms with Gasteiger partial charge in [-0.05, 0) is 18.4 Å². The van der Waals surface area contributed by atoms with Gasteiger partial charge in [-0.3, -0.25) is 4.79 Å². The van der Waals surface area contributed by atoms with Gasteiger partial charge >= 0.3 is 0 Å². The average Bonchev–Trinajstić information content (AvgIpc) is 3.24. The quantitative estimate of drug-likeness (QED) is 0.793. The van der Waals surface area contributed by atoms with Gasteiger partial charge in [0.2, 0.25) is 5.91 Å². The number of aromatic nitrogens is 5. The van der Waals surface area contributed by atoms with E-state index in [1.807, 2.05) is 41.1 Å². The molecule has 0 bridgehead atoms. The highest BCUT2D eigenvalue weighted by atomic mass is 16.2. The summed E-state index contributed by atoms with van der Waals surface area (Å²) in [6, 6.07) is 10.0. The molecule has 1 atom stereocenters. The summed E-state index contributed by atoms with van der Waals surface area (Å²) in [5.41, 5.74) is 2.33. The Bertz CT molecular complexity index is 838. The van der Waals surface area contributed by atoms with E-state index in [0.29, 0.717) is 18.9 Å². The number of carbonyl (C=O) groups is 1. The maximum Gasteiger partial charge on any atom is 0.230 e. The van der Waals surface area contributed by atoms with Crippen LogP contribution >= 0.6 is 0 Å². The molecule has 24 heavy (non-hydrogen) atoms. The predicted molar refractivity (Wildman–Crippen MR) is 88.2 cm³/mol. The third-order valence-corrected chi connectivity index (χ3v) is 4.31. The molecule has 1 aromatic carbocycles. The standard InChI is InChI=1S/C17H18N6O/c24-17(14-6-7-15-8-18-12-22(15)10-14)19-16-11-23(21-20-16)9-13-4-2-1-3-5-13/h1-5,8,11-12,14H,6-7,9-10H2,(H,19,24). The van der Waals surface area contributed by atoms with E-state index in [0.717, 1.165) is 18.4 Å². The number of nitrogens with one attached hydrogen (secondary N) is 1. The Morgan fingerprint density at radius 3 is 3.04 bits per heavy atom. The van der Waals surface area contributed by atoms with Crippen molar-refractivity contribution >= 4 is 11.7 Å². The number of rotatable bonds is 4. The summed E-state index contributed by atoms with van der Waals surface area (Å²) in [7, 11) is 0. The Balaban J connectivity index is 1.38. The van der Waals surface area contributed by atoms with E-state index < -0.39 is 0 Å². The Kier molecular flexibility index (Phi) is 3.82. The Morgan fingerprint density at radius 2 is 2.17 bits per heavy atom. The molecule has 3 heterocycles. The second kappa shape index (κ2) is 6.27. The number of nitrogens with zero attached hydrogens (tertiary/aromatic N) is 5. The molecule has 0 saturated carbocycles. The zero-order valence-corrected chi connectivity index (χ0v) is 13.2. The van der Waals surface area contributed by atoms with Gasteiger partial charge in [0.25, 0.3) is 0 Å². The summed E-state index contributed by atoms with van der Waals surface area (Å²) in [5, 5.41) is 11.0. The van der Waals surface area contributed by atoms with Gasteiger partial charge in [0, 0.05) is 18.4 Å². The number of hydrogen-bond donors (Lipinski definition) is 1. The van der Waals surface area contributed by atoms with E-state index in [1.54, 1.807) is 17.2 Å². The van der Waals surface area contributed by atoms with E-state index >= 15 is 0 Å². The number of aryl methyl sites for hydroxylation is 1. The van der Waals surface area contributed by atoms with Crippen molar-refractivity contribution in [2.75, 3.05) is 5.32 Å². The summed E-state index contributed by atoms with van der Waals surface area (Å²) in [6.45, 7) is 1.30. The molecule has 0 fully saturated rings. The van der Waals surface area contributed by atoms with Crippen molar-refractivity contribution in [2.24, 2.45) is 5.92 Å². The van der Waals surface area contributed by atoms with Gasteiger partial charge in [-0.2, -0.15) is 0 Å². The lowest BCUT2D eigenvalue weighted by Gasteiger charge is -2.22. The van der Waals surface area contributed by atoms with Gasteiger partial charge in [0.1, 0.15) is 0 Å². The lowest BCUT2D eigenvalue weighted by atomic mass is 9.97. The number of hydrogen-bond acceptors (Lipinski definition) is 4. The van der Waals surface area contributed by atoms with Gasteiger partial charge in [0.15, 0.2) is 5.82 Å². The van der Waals surface area contributed by atoms with E-state index in [-0.39, 0.29) is 11.8 Å². The first-order chi connectivity index (χ1) is 11.8. The highest BCUT2D eigenvalue weighted by Gasteiger charge is 2.25. The molecule has 4 rings (SSSR count). The molecule has 0 spiro atoms. The molecule has 1 aliphatic rings. The first kappa shape index (κ1) is 14.6. The number of amides is 1. The second-order valence-corrected chi connectivity index (χ2v) is 6.05. The highest BCUT2D eigenvalue weighted by Crippen LogP contribution is 2.20. The van der Waals surface area contributed by atoms with Crippen molar-refractivity contribution in [1.29, 1.82) is 0 Å². The number of imidazole rings is 1. The summed E-state index contributed by atoms with van der Waals surface area (Å²) >= 11 is 0. The van der Waals surface area contributed by atoms with E-state index in [2.05, 4.69) is 20.6 Å². The molecule has 1 aliphatic heterocycles. The molecule has 1 N–H and O–H groups in total. The lowest BCUT2D eigenvalue weighted by molar-refractivity contribution is -0.120. The molecule has 122 valence electrons. The largest absolute Gasteiger partial charge is 0.334 e. The van der Waals surface area contributed by atoms with Gasteiger partial charge in [-0.1, -0.05) is 35.5 Å². The first-order valence-electron chi connectivity index (χ1n) is 8.02. The zero-order valence-electron chi connectivity index (χ0n) is 13.2. The van der Waals surface area contributed by atoms with Crippen LogP contribution in [0.5, 0.6) is 0 Å². The average molecular weight is 322 g/mol. The molecule has 3 aromatic rings. The maximum absolute atomic E-state index is 12.4. The smallest absolute Gasteiger partial charge is 0.230 e. The van der Waals surface area contributed by atoms with E-state index in [1.165, 1.54) is 5.69 Å². The van der Waals surface area contributed by atoms with Gasteiger partial charge in [-0.15, -0.1) is 5.10 Å². The Hall–Kier alpha value is -2.96. The van der Waals surface area contributed by atoms with E-state index in [4.69, 9.17) is 0 Å². The van der Waals surface area contributed by atoms with Crippen LogP contribution in [0, 0.1) is 5.92 Å². The Morgan fingerprint density at radius 1 is 1.29 bits per heavy atom. The predicted octanol–water partition coefficient (Wildman–Crippen LogP) is 1.72. The molecular formula is C17H18N6O. The molecule has 1 amide bonds. The fourth-order valence-electron chi connectivity index (χ4n) is 3.02. The number of anilines is 1. The Labute approximate surface area is 139 Å². The van der Waals surface area contributed by atoms with Crippen LogP contribution in [-0.2, 0) is 24.3 Å². The topological polar surface area (TPSA) is 77.6 Å². The normalized spacial score (nSPS) is 16.6. The van der Waals surface area contributed by atoms with Crippen molar-refractivity contribution in [3.8, 4) is 0 Å². The minimum Gasteiger partial charge on any atom is -0.334 e. The lowest BCUT2D eigenvalue weighted by Crippen LogP contribution is -2.30.